The van der Waals surface area contributed by atoms with E-state index >= 15 is 0 Å². The van der Waals surface area contributed by atoms with Crippen molar-refractivity contribution in [3.05, 3.63) is 64.7 Å². The third-order valence-corrected chi connectivity index (χ3v) is 3.49. The van der Waals surface area contributed by atoms with Gasteiger partial charge in [0.2, 0.25) is 0 Å². The topological polar surface area (TPSA) is 38.0 Å². The quantitative estimate of drug-likeness (QED) is 0.804. The molecule has 2 rings (SSSR count). The molecular formula is C16H19ClN2. The molecule has 100 valence electrons. The highest BCUT2D eigenvalue weighted by molar-refractivity contribution is 6.30. The van der Waals surface area contributed by atoms with Crippen LogP contribution in [-0.4, -0.2) is 0 Å². The van der Waals surface area contributed by atoms with Gasteiger partial charge in [0.15, 0.2) is 0 Å². The number of nitrogens with two attached hydrogens (primary N) is 1. The lowest BCUT2D eigenvalue weighted by atomic mass is 10.0. The van der Waals surface area contributed by atoms with Gasteiger partial charge in [-0.1, -0.05) is 48.9 Å². The molecule has 3 heteroatoms. The molecule has 0 amide bonds. The van der Waals surface area contributed by atoms with E-state index in [1.807, 2.05) is 42.5 Å². The van der Waals surface area contributed by atoms with Gasteiger partial charge < -0.3 is 11.1 Å². The van der Waals surface area contributed by atoms with Crippen LogP contribution in [0.3, 0.4) is 0 Å². The molecule has 19 heavy (non-hydrogen) atoms. The first kappa shape index (κ1) is 13.9. The van der Waals surface area contributed by atoms with Crippen molar-refractivity contribution in [2.24, 2.45) is 0 Å². The molecular weight excluding hydrogens is 256 g/mol. The average Bonchev–Trinajstić information content (AvgIpc) is 2.41. The summed E-state index contributed by atoms with van der Waals surface area (Å²) >= 11 is 6.04. The number of benzene rings is 2. The maximum atomic E-state index is 6.04. The minimum absolute atomic E-state index is 0.290. The SMILES string of the molecule is CCC(NCc1ccccc1N)c1cccc(Cl)c1. The molecule has 0 heterocycles. The lowest BCUT2D eigenvalue weighted by molar-refractivity contribution is 0.519. The van der Waals surface area contributed by atoms with Crippen molar-refractivity contribution in [1.29, 1.82) is 0 Å². The number of hydrogen-bond donors (Lipinski definition) is 2. The fourth-order valence-electron chi connectivity index (χ4n) is 2.15. The minimum atomic E-state index is 0.290. The van der Waals surface area contributed by atoms with Crippen molar-refractivity contribution in [3.63, 3.8) is 0 Å². The van der Waals surface area contributed by atoms with Crippen molar-refractivity contribution < 1.29 is 0 Å². The van der Waals surface area contributed by atoms with Crippen LogP contribution < -0.4 is 11.1 Å². The standard InChI is InChI=1S/C16H19ClN2/c1-2-16(12-7-5-8-14(17)10-12)19-11-13-6-3-4-9-15(13)18/h3-10,16,19H,2,11,18H2,1H3. The smallest absolute Gasteiger partial charge is 0.0409 e. The van der Waals surface area contributed by atoms with Crippen LogP contribution in [0.25, 0.3) is 0 Å². The summed E-state index contributed by atoms with van der Waals surface area (Å²) < 4.78 is 0. The van der Waals surface area contributed by atoms with Crippen LogP contribution in [0.4, 0.5) is 5.69 Å². The molecule has 0 aliphatic carbocycles. The van der Waals surface area contributed by atoms with Gasteiger partial charge in [0, 0.05) is 23.3 Å². The Kier molecular flexibility index (Phi) is 4.83. The zero-order chi connectivity index (χ0) is 13.7. The molecule has 0 aromatic heterocycles. The van der Waals surface area contributed by atoms with E-state index in [9.17, 15) is 0 Å². The summed E-state index contributed by atoms with van der Waals surface area (Å²) in [4.78, 5) is 0. The van der Waals surface area contributed by atoms with E-state index in [1.54, 1.807) is 0 Å². The van der Waals surface area contributed by atoms with Crippen LogP contribution in [0.15, 0.2) is 48.5 Å². The van der Waals surface area contributed by atoms with Crippen molar-refractivity contribution >= 4 is 17.3 Å². The number of nitrogens with one attached hydrogen (secondary N) is 1. The highest BCUT2D eigenvalue weighted by atomic mass is 35.5. The second kappa shape index (κ2) is 6.60. The highest BCUT2D eigenvalue weighted by Crippen LogP contribution is 2.21. The molecule has 0 spiro atoms. The lowest BCUT2D eigenvalue weighted by Crippen LogP contribution is -2.20. The summed E-state index contributed by atoms with van der Waals surface area (Å²) in [6.45, 7) is 2.92. The molecule has 1 atom stereocenters. The Morgan fingerprint density at radius 1 is 1.16 bits per heavy atom. The van der Waals surface area contributed by atoms with E-state index in [0.717, 1.165) is 29.2 Å². The Hall–Kier alpha value is -1.51. The van der Waals surface area contributed by atoms with Gasteiger partial charge in [0.1, 0.15) is 0 Å². The van der Waals surface area contributed by atoms with Crippen LogP contribution in [-0.2, 0) is 6.54 Å². The van der Waals surface area contributed by atoms with Gasteiger partial charge >= 0.3 is 0 Å². The van der Waals surface area contributed by atoms with Crippen molar-refractivity contribution in [2.45, 2.75) is 25.9 Å². The van der Waals surface area contributed by atoms with Crippen LogP contribution in [0.5, 0.6) is 0 Å². The molecule has 0 fully saturated rings. The number of nitrogen functional groups attached to an aromatic ring is 1. The number of anilines is 1. The summed E-state index contributed by atoms with van der Waals surface area (Å²) in [6.07, 6.45) is 1.01. The fourth-order valence-corrected chi connectivity index (χ4v) is 2.35. The predicted molar refractivity (Wildman–Crippen MR) is 82.2 cm³/mol. The second-order valence-electron chi connectivity index (χ2n) is 4.60. The molecule has 0 saturated heterocycles. The first-order valence-corrected chi connectivity index (χ1v) is 6.90. The third-order valence-electron chi connectivity index (χ3n) is 3.25. The summed E-state index contributed by atoms with van der Waals surface area (Å²) in [5, 5.41) is 4.31. The maximum Gasteiger partial charge on any atom is 0.0409 e. The summed E-state index contributed by atoms with van der Waals surface area (Å²) in [5.74, 6) is 0. The number of hydrogen-bond acceptors (Lipinski definition) is 2. The van der Waals surface area contributed by atoms with E-state index in [1.165, 1.54) is 5.56 Å². The molecule has 0 aliphatic heterocycles. The van der Waals surface area contributed by atoms with Gasteiger partial charge in [-0.3, -0.25) is 0 Å². The van der Waals surface area contributed by atoms with E-state index in [-0.39, 0.29) is 0 Å². The van der Waals surface area contributed by atoms with Crippen molar-refractivity contribution in [1.82, 2.24) is 5.32 Å². The molecule has 0 bridgehead atoms. The molecule has 2 nitrogen and oxygen atoms in total. The zero-order valence-corrected chi connectivity index (χ0v) is 11.8. The minimum Gasteiger partial charge on any atom is -0.398 e. The largest absolute Gasteiger partial charge is 0.398 e. The Bertz CT molecular complexity index is 540. The monoisotopic (exact) mass is 274 g/mol. The Morgan fingerprint density at radius 2 is 1.95 bits per heavy atom. The summed E-state index contributed by atoms with van der Waals surface area (Å²) in [5.41, 5.74) is 9.12. The van der Waals surface area contributed by atoms with E-state index in [0.29, 0.717) is 6.04 Å². The van der Waals surface area contributed by atoms with E-state index < -0.39 is 0 Å². The number of halogens is 1. The second-order valence-corrected chi connectivity index (χ2v) is 5.03. The third kappa shape index (κ3) is 3.72. The highest BCUT2D eigenvalue weighted by Gasteiger charge is 2.09. The molecule has 1 unspecified atom stereocenters. The van der Waals surface area contributed by atoms with Crippen LogP contribution in [0.2, 0.25) is 5.02 Å². The Labute approximate surface area is 119 Å². The summed E-state index contributed by atoms with van der Waals surface area (Å²) in [7, 11) is 0. The van der Waals surface area contributed by atoms with Gasteiger partial charge in [-0.25, -0.2) is 0 Å². The molecule has 0 saturated carbocycles. The maximum absolute atomic E-state index is 6.04. The number of rotatable bonds is 5. The normalized spacial score (nSPS) is 12.3. The van der Waals surface area contributed by atoms with Crippen LogP contribution in [0, 0.1) is 0 Å². The van der Waals surface area contributed by atoms with E-state index in [2.05, 4.69) is 18.3 Å². The molecule has 3 N–H and O–H groups in total. The van der Waals surface area contributed by atoms with Crippen LogP contribution in [0.1, 0.15) is 30.5 Å². The summed E-state index contributed by atoms with van der Waals surface area (Å²) in [6, 6.07) is 16.2. The fraction of sp³-hybridized carbons (Fsp3) is 0.250. The zero-order valence-electron chi connectivity index (χ0n) is 11.1. The molecule has 0 radical (unpaired) electrons. The average molecular weight is 275 g/mol. The Morgan fingerprint density at radius 3 is 2.63 bits per heavy atom. The van der Waals surface area contributed by atoms with Gasteiger partial charge in [-0.15, -0.1) is 0 Å². The molecule has 2 aromatic carbocycles. The van der Waals surface area contributed by atoms with Crippen molar-refractivity contribution in [3.8, 4) is 0 Å². The van der Waals surface area contributed by atoms with Gasteiger partial charge in [-0.2, -0.15) is 0 Å². The Balaban J connectivity index is 2.06. The lowest BCUT2D eigenvalue weighted by Gasteiger charge is -2.18. The van der Waals surface area contributed by atoms with Gasteiger partial charge in [-0.05, 0) is 35.7 Å². The van der Waals surface area contributed by atoms with E-state index in [4.69, 9.17) is 17.3 Å². The van der Waals surface area contributed by atoms with Crippen molar-refractivity contribution in [2.75, 3.05) is 5.73 Å². The van der Waals surface area contributed by atoms with Gasteiger partial charge in [0.25, 0.3) is 0 Å². The number of para-hydroxylation sites is 1. The van der Waals surface area contributed by atoms with Gasteiger partial charge in [0.05, 0.1) is 0 Å². The molecule has 2 aromatic rings. The molecule has 0 aliphatic rings. The first-order chi connectivity index (χ1) is 9.20. The first-order valence-electron chi connectivity index (χ1n) is 6.53. The van der Waals surface area contributed by atoms with Crippen LogP contribution >= 0.6 is 11.6 Å². The predicted octanol–water partition coefficient (Wildman–Crippen LogP) is 4.16.